The van der Waals surface area contributed by atoms with Crippen molar-refractivity contribution in [2.45, 2.75) is 25.9 Å². The van der Waals surface area contributed by atoms with Gasteiger partial charge in [-0.2, -0.15) is 13.2 Å². The summed E-state index contributed by atoms with van der Waals surface area (Å²) in [5, 5.41) is 2.88. The Hall–Kier alpha value is -1.63. The number of nitrogens with one attached hydrogen (secondary N) is 1. The van der Waals surface area contributed by atoms with E-state index in [4.69, 9.17) is 11.6 Å². The number of unbranched alkanes of at least 4 members (excludes halogenated alkanes) is 1. The van der Waals surface area contributed by atoms with Crippen LogP contribution in [-0.2, 0) is 6.18 Å². The molecule has 4 nitrogen and oxygen atoms in total. The van der Waals surface area contributed by atoms with Crippen LogP contribution in [0.25, 0.3) is 0 Å². The van der Waals surface area contributed by atoms with Gasteiger partial charge in [0.1, 0.15) is 0 Å². The third kappa shape index (κ3) is 4.69. The zero-order valence-electron chi connectivity index (χ0n) is 13.5. The second-order valence-corrected chi connectivity index (χ2v) is 6.16. The summed E-state index contributed by atoms with van der Waals surface area (Å²) in [6, 6.07) is 3.63. The molecule has 0 aromatic heterocycles. The molecule has 0 saturated carbocycles. The van der Waals surface area contributed by atoms with Gasteiger partial charge < -0.3 is 15.1 Å². The maximum absolute atomic E-state index is 13.2. The summed E-state index contributed by atoms with van der Waals surface area (Å²) >= 11 is 5.71. The van der Waals surface area contributed by atoms with Crippen molar-refractivity contribution in [3.05, 3.63) is 28.8 Å². The monoisotopic (exact) mass is 363 g/mol. The lowest BCUT2D eigenvalue weighted by Gasteiger charge is -2.37. The first-order valence-corrected chi connectivity index (χ1v) is 8.35. The molecule has 2 amide bonds. The molecule has 1 aromatic rings. The average molecular weight is 364 g/mol. The van der Waals surface area contributed by atoms with Gasteiger partial charge in [0.25, 0.3) is 0 Å². The highest BCUT2D eigenvalue weighted by Gasteiger charge is 2.36. The van der Waals surface area contributed by atoms with Crippen molar-refractivity contribution in [1.29, 1.82) is 0 Å². The van der Waals surface area contributed by atoms with Crippen LogP contribution in [0, 0.1) is 0 Å². The van der Waals surface area contributed by atoms with Gasteiger partial charge in [-0.3, -0.25) is 0 Å². The Bertz CT molecular complexity index is 572. The van der Waals surface area contributed by atoms with Gasteiger partial charge in [-0.15, -0.1) is 0 Å². The minimum absolute atomic E-state index is 0.0556. The van der Waals surface area contributed by atoms with E-state index in [2.05, 4.69) is 5.32 Å². The van der Waals surface area contributed by atoms with Gasteiger partial charge in [0.2, 0.25) is 0 Å². The number of anilines is 1. The lowest BCUT2D eigenvalue weighted by molar-refractivity contribution is -0.137. The van der Waals surface area contributed by atoms with E-state index in [0.717, 1.165) is 18.9 Å². The second kappa shape index (κ2) is 7.96. The summed E-state index contributed by atoms with van der Waals surface area (Å²) in [7, 11) is 0. The highest BCUT2D eigenvalue weighted by atomic mass is 35.5. The Labute approximate surface area is 144 Å². The number of amides is 2. The average Bonchev–Trinajstić information content (AvgIpc) is 2.54. The predicted molar refractivity (Wildman–Crippen MR) is 88.5 cm³/mol. The molecule has 0 aliphatic carbocycles. The maximum atomic E-state index is 13.2. The highest BCUT2D eigenvalue weighted by molar-refractivity contribution is 6.30. The number of nitrogens with zero attached hydrogens (tertiary/aromatic N) is 2. The number of carbonyl (C=O) groups is 1. The van der Waals surface area contributed by atoms with Crippen molar-refractivity contribution in [3.63, 3.8) is 0 Å². The molecule has 8 heteroatoms. The largest absolute Gasteiger partial charge is 0.418 e. The Morgan fingerprint density at radius 3 is 2.50 bits per heavy atom. The van der Waals surface area contributed by atoms with Crippen LogP contribution in [0.4, 0.5) is 23.7 Å². The standard InChI is InChI=1S/C16H21ClF3N3O/c1-2-3-6-21-15(24)23-9-7-22(8-10-23)14-5-4-12(17)11-13(14)16(18,19)20/h4-5,11H,2-3,6-10H2,1H3,(H,21,24). The van der Waals surface area contributed by atoms with Crippen LogP contribution in [0.15, 0.2) is 18.2 Å². The minimum atomic E-state index is -4.46. The fourth-order valence-corrected chi connectivity index (χ4v) is 2.82. The molecule has 24 heavy (non-hydrogen) atoms. The topological polar surface area (TPSA) is 35.6 Å². The summed E-state index contributed by atoms with van der Waals surface area (Å²) in [6.07, 6.45) is -2.56. The third-order valence-electron chi connectivity index (χ3n) is 3.98. The quantitative estimate of drug-likeness (QED) is 0.821. The van der Waals surface area contributed by atoms with E-state index in [0.29, 0.717) is 32.7 Å². The van der Waals surface area contributed by atoms with E-state index < -0.39 is 11.7 Å². The zero-order chi connectivity index (χ0) is 17.7. The van der Waals surface area contributed by atoms with Gasteiger partial charge in [-0.25, -0.2) is 4.79 Å². The van der Waals surface area contributed by atoms with Crippen LogP contribution in [0.2, 0.25) is 5.02 Å². The van der Waals surface area contributed by atoms with E-state index in [1.54, 1.807) is 9.80 Å². The van der Waals surface area contributed by atoms with E-state index in [-0.39, 0.29) is 16.7 Å². The first kappa shape index (κ1) is 18.7. The molecule has 0 radical (unpaired) electrons. The number of carbonyl (C=O) groups excluding carboxylic acids is 1. The molecular formula is C16H21ClF3N3O. The van der Waals surface area contributed by atoms with Gasteiger partial charge in [0.15, 0.2) is 0 Å². The molecule has 1 saturated heterocycles. The van der Waals surface area contributed by atoms with Crippen molar-refractivity contribution in [1.82, 2.24) is 10.2 Å². The molecule has 1 aliphatic rings. The number of alkyl halides is 3. The maximum Gasteiger partial charge on any atom is 0.418 e. The number of hydrogen-bond acceptors (Lipinski definition) is 2. The Balaban J connectivity index is 2.01. The van der Waals surface area contributed by atoms with Crippen molar-refractivity contribution < 1.29 is 18.0 Å². The molecule has 1 aromatic carbocycles. The number of piperazine rings is 1. The van der Waals surface area contributed by atoms with Crippen LogP contribution in [0.5, 0.6) is 0 Å². The Morgan fingerprint density at radius 2 is 1.92 bits per heavy atom. The van der Waals surface area contributed by atoms with Crippen molar-refractivity contribution in [3.8, 4) is 0 Å². The molecule has 1 N–H and O–H groups in total. The van der Waals surface area contributed by atoms with Gasteiger partial charge in [-0.05, 0) is 24.6 Å². The molecule has 1 aliphatic heterocycles. The third-order valence-corrected chi connectivity index (χ3v) is 4.21. The fraction of sp³-hybridized carbons (Fsp3) is 0.562. The number of halogens is 4. The molecule has 0 spiro atoms. The summed E-state index contributed by atoms with van der Waals surface area (Å²) < 4.78 is 39.6. The number of hydrogen-bond donors (Lipinski definition) is 1. The zero-order valence-corrected chi connectivity index (χ0v) is 14.3. The lowest BCUT2D eigenvalue weighted by atomic mass is 10.1. The lowest BCUT2D eigenvalue weighted by Crippen LogP contribution is -2.52. The summed E-state index contributed by atoms with van der Waals surface area (Å²) in [4.78, 5) is 15.3. The van der Waals surface area contributed by atoms with Crippen LogP contribution < -0.4 is 10.2 Å². The molecule has 1 heterocycles. The molecule has 0 atom stereocenters. The molecule has 2 rings (SSSR count). The Morgan fingerprint density at radius 1 is 1.25 bits per heavy atom. The summed E-state index contributed by atoms with van der Waals surface area (Å²) in [6.45, 7) is 4.13. The Kier molecular flexibility index (Phi) is 6.21. The summed E-state index contributed by atoms with van der Waals surface area (Å²) in [5.74, 6) is 0. The van der Waals surface area contributed by atoms with Crippen molar-refractivity contribution >= 4 is 23.3 Å². The SMILES string of the molecule is CCCCNC(=O)N1CCN(c2ccc(Cl)cc2C(F)(F)F)CC1. The minimum Gasteiger partial charge on any atom is -0.367 e. The van der Waals surface area contributed by atoms with Gasteiger partial charge in [-0.1, -0.05) is 24.9 Å². The molecule has 1 fully saturated rings. The fourth-order valence-electron chi connectivity index (χ4n) is 2.65. The van der Waals surface area contributed by atoms with Gasteiger partial charge in [0.05, 0.1) is 5.56 Å². The van der Waals surface area contributed by atoms with Crippen LogP contribution in [0.1, 0.15) is 25.3 Å². The number of benzene rings is 1. The molecule has 134 valence electrons. The van der Waals surface area contributed by atoms with Gasteiger partial charge >= 0.3 is 12.2 Å². The van der Waals surface area contributed by atoms with E-state index >= 15 is 0 Å². The molecule has 0 bridgehead atoms. The van der Waals surface area contributed by atoms with Crippen LogP contribution in [-0.4, -0.2) is 43.7 Å². The summed E-state index contributed by atoms with van der Waals surface area (Å²) in [5.41, 5.74) is -0.631. The predicted octanol–water partition coefficient (Wildman–Crippen LogP) is 3.99. The van der Waals surface area contributed by atoms with E-state index in [1.165, 1.54) is 12.1 Å². The van der Waals surface area contributed by atoms with Crippen molar-refractivity contribution in [2.24, 2.45) is 0 Å². The van der Waals surface area contributed by atoms with E-state index in [1.807, 2.05) is 6.92 Å². The second-order valence-electron chi connectivity index (χ2n) is 5.72. The number of urea groups is 1. The van der Waals surface area contributed by atoms with E-state index in [9.17, 15) is 18.0 Å². The normalized spacial score (nSPS) is 15.5. The smallest absolute Gasteiger partial charge is 0.367 e. The number of rotatable bonds is 4. The van der Waals surface area contributed by atoms with Gasteiger partial charge in [0, 0.05) is 43.4 Å². The molecule has 0 unspecified atom stereocenters. The first-order valence-electron chi connectivity index (χ1n) is 7.97. The molecular weight excluding hydrogens is 343 g/mol. The van der Waals surface area contributed by atoms with Crippen LogP contribution >= 0.6 is 11.6 Å². The highest BCUT2D eigenvalue weighted by Crippen LogP contribution is 2.38. The first-order chi connectivity index (χ1) is 11.3. The van der Waals surface area contributed by atoms with Crippen LogP contribution in [0.3, 0.4) is 0 Å². The van der Waals surface area contributed by atoms with Crippen molar-refractivity contribution in [2.75, 3.05) is 37.6 Å².